The van der Waals surface area contributed by atoms with Crippen molar-refractivity contribution in [2.24, 2.45) is 10.8 Å². The van der Waals surface area contributed by atoms with Crippen molar-refractivity contribution >= 4 is 0 Å². The van der Waals surface area contributed by atoms with Gasteiger partial charge in [-0.05, 0) is 55.8 Å². The van der Waals surface area contributed by atoms with Gasteiger partial charge in [0.15, 0.2) is 0 Å². The lowest BCUT2D eigenvalue weighted by molar-refractivity contribution is 0.0202. The fourth-order valence-electron chi connectivity index (χ4n) is 4.04. The minimum atomic E-state index is 0.728. The zero-order valence-electron chi connectivity index (χ0n) is 10.9. The minimum Gasteiger partial charge on any atom is -0.313 e. The molecule has 1 spiro atoms. The van der Waals surface area contributed by atoms with Crippen molar-refractivity contribution in [3.8, 4) is 0 Å². The summed E-state index contributed by atoms with van der Waals surface area (Å²) in [5.74, 6) is 0. The largest absolute Gasteiger partial charge is 0.313 e. The fourth-order valence-corrected chi connectivity index (χ4v) is 4.04. The molecule has 3 aliphatic rings. The summed E-state index contributed by atoms with van der Waals surface area (Å²) in [5.41, 5.74) is 1.48. The Balaban J connectivity index is 1.51. The molecule has 0 heterocycles. The second-order valence-corrected chi connectivity index (χ2v) is 6.75. The van der Waals surface area contributed by atoms with E-state index >= 15 is 0 Å². The highest BCUT2D eigenvalue weighted by atomic mass is 15.0. The second kappa shape index (κ2) is 4.01. The molecule has 0 aliphatic heterocycles. The van der Waals surface area contributed by atoms with E-state index in [1.54, 1.807) is 0 Å². The van der Waals surface area contributed by atoms with Crippen LogP contribution < -0.4 is 5.32 Å². The van der Waals surface area contributed by atoms with E-state index in [9.17, 15) is 0 Å². The van der Waals surface area contributed by atoms with Crippen LogP contribution in [0.3, 0.4) is 0 Å². The lowest BCUT2D eigenvalue weighted by Crippen LogP contribution is -2.55. The molecule has 0 radical (unpaired) electrons. The SMILES string of the molecule is CCC1(CNC2CCC23CCCCC3)CC1. The molecule has 0 aromatic carbocycles. The standard InChI is InChI=1S/C15H27N/c1-2-14(10-11-14)12-16-13-6-9-15(13)7-4-3-5-8-15/h13,16H,2-12H2,1H3. The first-order chi connectivity index (χ1) is 7.79. The second-order valence-electron chi connectivity index (χ2n) is 6.75. The summed E-state index contributed by atoms with van der Waals surface area (Å²) >= 11 is 0. The first-order valence-electron chi connectivity index (χ1n) is 7.52. The van der Waals surface area contributed by atoms with Crippen molar-refractivity contribution in [3.05, 3.63) is 0 Å². The Morgan fingerprint density at radius 2 is 1.75 bits per heavy atom. The lowest BCUT2D eigenvalue weighted by atomic mass is 9.57. The molecule has 1 nitrogen and oxygen atoms in total. The molecule has 0 aromatic rings. The summed E-state index contributed by atoms with van der Waals surface area (Å²) in [6.45, 7) is 3.68. The van der Waals surface area contributed by atoms with Gasteiger partial charge < -0.3 is 5.32 Å². The van der Waals surface area contributed by atoms with Gasteiger partial charge in [0.2, 0.25) is 0 Å². The van der Waals surface area contributed by atoms with Crippen LogP contribution in [0.2, 0.25) is 0 Å². The molecule has 1 unspecified atom stereocenters. The Morgan fingerprint density at radius 3 is 2.25 bits per heavy atom. The molecule has 0 amide bonds. The predicted molar refractivity (Wildman–Crippen MR) is 68.5 cm³/mol. The van der Waals surface area contributed by atoms with Gasteiger partial charge in [-0.15, -0.1) is 0 Å². The van der Waals surface area contributed by atoms with Crippen LogP contribution in [0.1, 0.15) is 71.1 Å². The van der Waals surface area contributed by atoms with Crippen molar-refractivity contribution < 1.29 is 0 Å². The van der Waals surface area contributed by atoms with E-state index < -0.39 is 0 Å². The Bertz CT molecular complexity index is 248. The lowest BCUT2D eigenvalue weighted by Gasteiger charge is -2.53. The molecule has 1 atom stereocenters. The van der Waals surface area contributed by atoms with E-state index in [0.29, 0.717) is 0 Å². The van der Waals surface area contributed by atoms with E-state index in [1.165, 1.54) is 70.8 Å². The van der Waals surface area contributed by atoms with Crippen LogP contribution in [0.4, 0.5) is 0 Å². The van der Waals surface area contributed by atoms with E-state index in [1.807, 2.05) is 0 Å². The normalized spacial score (nSPS) is 34.7. The number of nitrogens with one attached hydrogen (secondary N) is 1. The van der Waals surface area contributed by atoms with E-state index in [0.717, 1.165) is 16.9 Å². The molecule has 3 saturated carbocycles. The van der Waals surface area contributed by atoms with Crippen LogP contribution in [0, 0.1) is 10.8 Å². The molecule has 16 heavy (non-hydrogen) atoms. The molecule has 1 heteroatoms. The van der Waals surface area contributed by atoms with Gasteiger partial charge in [-0.2, -0.15) is 0 Å². The molecule has 1 N–H and O–H groups in total. The van der Waals surface area contributed by atoms with Gasteiger partial charge in [0, 0.05) is 12.6 Å². The van der Waals surface area contributed by atoms with E-state index in [4.69, 9.17) is 0 Å². The summed E-state index contributed by atoms with van der Waals surface area (Å²) in [7, 11) is 0. The van der Waals surface area contributed by atoms with E-state index in [2.05, 4.69) is 12.2 Å². The molecular formula is C15H27N. The third kappa shape index (κ3) is 1.81. The van der Waals surface area contributed by atoms with Crippen LogP contribution in [0.15, 0.2) is 0 Å². The Labute approximate surface area is 100 Å². The van der Waals surface area contributed by atoms with Crippen molar-refractivity contribution in [2.45, 2.75) is 77.2 Å². The fraction of sp³-hybridized carbons (Fsp3) is 1.00. The van der Waals surface area contributed by atoms with Crippen LogP contribution in [0.5, 0.6) is 0 Å². The Hall–Kier alpha value is -0.0400. The number of hydrogen-bond acceptors (Lipinski definition) is 1. The van der Waals surface area contributed by atoms with Crippen LogP contribution in [0.25, 0.3) is 0 Å². The summed E-state index contributed by atoms with van der Waals surface area (Å²) in [6, 6.07) is 0.886. The molecule has 92 valence electrons. The first-order valence-corrected chi connectivity index (χ1v) is 7.52. The third-order valence-electron chi connectivity index (χ3n) is 5.95. The van der Waals surface area contributed by atoms with Gasteiger partial charge in [0.05, 0.1) is 0 Å². The highest BCUT2D eigenvalue weighted by Crippen LogP contribution is 2.53. The zero-order chi connectivity index (χ0) is 11.1. The monoisotopic (exact) mass is 221 g/mol. The van der Waals surface area contributed by atoms with Crippen molar-refractivity contribution in [2.75, 3.05) is 6.54 Å². The summed E-state index contributed by atoms with van der Waals surface area (Å²) in [6.07, 6.45) is 14.9. The van der Waals surface area contributed by atoms with Gasteiger partial charge in [0.25, 0.3) is 0 Å². The van der Waals surface area contributed by atoms with Gasteiger partial charge >= 0.3 is 0 Å². The summed E-state index contributed by atoms with van der Waals surface area (Å²) in [5, 5.41) is 3.93. The van der Waals surface area contributed by atoms with Crippen LogP contribution >= 0.6 is 0 Å². The molecule has 0 aromatic heterocycles. The van der Waals surface area contributed by atoms with Crippen molar-refractivity contribution in [1.29, 1.82) is 0 Å². The maximum Gasteiger partial charge on any atom is 0.0124 e. The molecule has 0 bridgehead atoms. The third-order valence-corrected chi connectivity index (χ3v) is 5.95. The maximum atomic E-state index is 3.93. The quantitative estimate of drug-likeness (QED) is 0.759. The smallest absolute Gasteiger partial charge is 0.0124 e. The van der Waals surface area contributed by atoms with Gasteiger partial charge in [-0.3, -0.25) is 0 Å². The maximum absolute atomic E-state index is 3.93. The van der Waals surface area contributed by atoms with Gasteiger partial charge in [-0.1, -0.05) is 26.2 Å². The first kappa shape index (κ1) is 11.1. The molecule has 3 rings (SSSR count). The summed E-state index contributed by atoms with van der Waals surface area (Å²) in [4.78, 5) is 0. The highest BCUT2D eigenvalue weighted by Gasteiger charge is 2.48. The van der Waals surface area contributed by atoms with E-state index in [-0.39, 0.29) is 0 Å². The zero-order valence-corrected chi connectivity index (χ0v) is 10.9. The van der Waals surface area contributed by atoms with Gasteiger partial charge in [0.1, 0.15) is 0 Å². The minimum absolute atomic E-state index is 0.728. The Kier molecular flexibility index (Phi) is 2.78. The van der Waals surface area contributed by atoms with Crippen molar-refractivity contribution in [3.63, 3.8) is 0 Å². The molecular weight excluding hydrogens is 194 g/mol. The van der Waals surface area contributed by atoms with Gasteiger partial charge in [-0.25, -0.2) is 0 Å². The van der Waals surface area contributed by atoms with Crippen molar-refractivity contribution in [1.82, 2.24) is 5.32 Å². The average Bonchev–Trinajstić information content (AvgIpc) is 3.10. The molecule has 3 aliphatic carbocycles. The van der Waals surface area contributed by atoms with Crippen LogP contribution in [-0.4, -0.2) is 12.6 Å². The molecule has 0 saturated heterocycles. The predicted octanol–water partition coefficient (Wildman–Crippen LogP) is 3.88. The summed E-state index contributed by atoms with van der Waals surface area (Å²) < 4.78 is 0. The average molecular weight is 221 g/mol. The highest BCUT2D eigenvalue weighted by molar-refractivity contribution is 5.03. The van der Waals surface area contributed by atoms with Crippen LogP contribution in [-0.2, 0) is 0 Å². The number of hydrogen-bond donors (Lipinski definition) is 1. The topological polar surface area (TPSA) is 12.0 Å². The number of rotatable bonds is 4. The Morgan fingerprint density at radius 1 is 1.00 bits per heavy atom. The molecule has 3 fully saturated rings.